The van der Waals surface area contributed by atoms with E-state index in [0.717, 1.165) is 19.6 Å². The van der Waals surface area contributed by atoms with Crippen molar-refractivity contribution < 1.29 is 0 Å². The van der Waals surface area contributed by atoms with Crippen molar-refractivity contribution in [3.63, 3.8) is 0 Å². The molecule has 2 N–H and O–H groups in total. The maximum atomic E-state index is 5.72. The van der Waals surface area contributed by atoms with Gasteiger partial charge in [-0.15, -0.1) is 0 Å². The molecular formula is C9H21N3. The molecule has 1 heterocycles. The fraction of sp³-hybridized carbons (Fsp3) is 1.00. The third kappa shape index (κ3) is 1.79. The Kier molecular flexibility index (Phi) is 3.09. The van der Waals surface area contributed by atoms with Crippen LogP contribution in [0.3, 0.4) is 0 Å². The first-order valence-electron chi connectivity index (χ1n) is 4.94. The molecule has 2 rings (SSSR count). The number of nitrogens with zero attached hydrogens (tertiary/aromatic N) is 2. The molecule has 1 saturated carbocycles. The van der Waals surface area contributed by atoms with Gasteiger partial charge in [0.1, 0.15) is 0 Å². The maximum absolute atomic E-state index is 5.72. The lowest BCUT2D eigenvalue weighted by Gasteiger charge is -2.37. The highest BCUT2D eigenvalue weighted by Crippen LogP contribution is 2.42. The van der Waals surface area contributed by atoms with Crippen molar-refractivity contribution in [3.8, 4) is 0 Å². The summed E-state index contributed by atoms with van der Waals surface area (Å²) >= 11 is 0. The summed E-state index contributed by atoms with van der Waals surface area (Å²) in [6, 6.07) is 0. The highest BCUT2D eigenvalue weighted by atomic mass is 15.5. The number of hydrogen-bond acceptors (Lipinski definition) is 3. The van der Waals surface area contributed by atoms with Crippen molar-refractivity contribution in [1.29, 1.82) is 0 Å². The Morgan fingerprint density at radius 3 is 2.17 bits per heavy atom. The van der Waals surface area contributed by atoms with Crippen LogP contribution in [0.25, 0.3) is 0 Å². The molecule has 72 valence electrons. The van der Waals surface area contributed by atoms with Crippen molar-refractivity contribution in [1.82, 2.24) is 9.91 Å². The Hall–Kier alpha value is -0.120. The van der Waals surface area contributed by atoms with E-state index in [4.69, 9.17) is 5.84 Å². The first-order valence-corrected chi connectivity index (χ1v) is 4.94. The van der Waals surface area contributed by atoms with E-state index in [1.54, 1.807) is 0 Å². The molecule has 0 unspecified atom stereocenters. The minimum atomic E-state index is 0.493. The van der Waals surface area contributed by atoms with Crippen LogP contribution in [0.1, 0.15) is 26.7 Å². The Bertz CT molecular complexity index is 143. The van der Waals surface area contributed by atoms with Gasteiger partial charge in [-0.25, -0.2) is 5.01 Å². The molecule has 0 amide bonds. The molecule has 12 heavy (non-hydrogen) atoms. The predicted octanol–water partition coefficient (Wildman–Crippen LogP) is 0.666. The summed E-state index contributed by atoms with van der Waals surface area (Å²) in [5.74, 6) is 5.72. The topological polar surface area (TPSA) is 32.5 Å². The summed E-state index contributed by atoms with van der Waals surface area (Å²) in [5.41, 5.74) is 0.493. The normalized spacial score (nSPS) is 28.0. The SMILES string of the molecule is CC.CN1CCN(N)CC12CC2. The van der Waals surface area contributed by atoms with Crippen LogP contribution in [-0.2, 0) is 0 Å². The summed E-state index contributed by atoms with van der Waals surface area (Å²) < 4.78 is 0. The van der Waals surface area contributed by atoms with Gasteiger partial charge in [-0.2, -0.15) is 0 Å². The van der Waals surface area contributed by atoms with Crippen LogP contribution in [-0.4, -0.2) is 42.1 Å². The molecule has 1 saturated heterocycles. The van der Waals surface area contributed by atoms with Gasteiger partial charge in [0, 0.05) is 25.2 Å². The van der Waals surface area contributed by atoms with Crippen LogP contribution in [0, 0.1) is 0 Å². The van der Waals surface area contributed by atoms with Gasteiger partial charge in [0.05, 0.1) is 0 Å². The van der Waals surface area contributed by atoms with Crippen LogP contribution in [0.5, 0.6) is 0 Å². The molecular weight excluding hydrogens is 150 g/mol. The summed E-state index contributed by atoms with van der Waals surface area (Å²) in [6.45, 7) is 7.23. The summed E-state index contributed by atoms with van der Waals surface area (Å²) in [4.78, 5) is 2.45. The van der Waals surface area contributed by atoms with E-state index in [9.17, 15) is 0 Å². The van der Waals surface area contributed by atoms with Crippen LogP contribution in [0.4, 0.5) is 0 Å². The molecule has 0 aromatic carbocycles. The van der Waals surface area contributed by atoms with E-state index < -0.39 is 0 Å². The van der Waals surface area contributed by atoms with Gasteiger partial charge in [0.15, 0.2) is 0 Å². The zero-order valence-electron chi connectivity index (χ0n) is 8.51. The Balaban J connectivity index is 0.000000336. The van der Waals surface area contributed by atoms with Crippen molar-refractivity contribution in [2.45, 2.75) is 32.2 Å². The molecule has 0 bridgehead atoms. The van der Waals surface area contributed by atoms with Crippen molar-refractivity contribution in [2.24, 2.45) is 5.84 Å². The van der Waals surface area contributed by atoms with E-state index in [0.29, 0.717) is 5.54 Å². The molecule has 1 aliphatic heterocycles. The quantitative estimate of drug-likeness (QED) is 0.544. The van der Waals surface area contributed by atoms with E-state index in [-0.39, 0.29) is 0 Å². The lowest BCUT2D eigenvalue weighted by molar-refractivity contribution is 0.0810. The lowest BCUT2D eigenvalue weighted by atomic mass is 10.2. The number of nitrogens with two attached hydrogens (primary N) is 1. The van der Waals surface area contributed by atoms with E-state index in [2.05, 4.69) is 11.9 Å². The zero-order chi connectivity index (χ0) is 9.19. The fourth-order valence-electron chi connectivity index (χ4n) is 1.78. The zero-order valence-corrected chi connectivity index (χ0v) is 8.51. The molecule has 3 nitrogen and oxygen atoms in total. The molecule has 1 aliphatic carbocycles. The number of likely N-dealkylation sites (N-methyl/N-ethyl adjacent to an activating group) is 1. The fourth-order valence-corrected chi connectivity index (χ4v) is 1.78. The smallest absolute Gasteiger partial charge is 0.0349 e. The van der Waals surface area contributed by atoms with Gasteiger partial charge in [0.2, 0.25) is 0 Å². The molecule has 0 radical (unpaired) electrons. The van der Waals surface area contributed by atoms with E-state index >= 15 is 0 Å². The Morgan fingerprint density at radius 1 is 1.17 bits per heavy atom. The predicted molar refractivity (Wildman–Crippen MR) is 51.7 cm³/mol. The van der Waals surface area contributed by atoms with E-state index in [1.807, 2.05) is 18.9 Å². The van der Waals surface area contributed by atoms with Gasteiger partial charge in [0.25, 0.3) is 0 Å². The largest absolute Gasteiger partial charge is 0.298 e. The number of hydrazine groups is 1. The van der Waals surface area contributed by atoms with Crippen LogP contribution in [0.2, 0.25) is 0 Å². The summed E-state index contributed by atoms with van der Waals surface area (Å²) in [7, 11) is 2.21. The van der Waals surface area contributed by atoms with Crippen LogP contribution < -0.4 is 5.84 Å². The molecule has 1 spiro atoms. The highest BCUT2D eigenvalue weighted by Gasteiger charge is 2.48. The first-order chi connectivity index (χ1) is 5.73. The lowest BCUT2D eigenvalue weighted by Crippen LogP contribution is -2.55. The standard InChI is InChI=1S/C7H15N3.C2H6/c1-9-4-5-10(8)6-7(9)2-3-7;1-2/h2-6,8H2,1H3;1-2H3. The first kappa shape index (κ1) is 9.96. The minimum absolute atomic E-state index is 0.493. The van der Waals surface area contributed by atoms with Crippen molar-refractivity contribution in [2.75, 3.05) is 26.7 Å². The van der Waals surface area contributed by atoms with Gasteiger partial charge < -0.3 is 0 Å². The minimum Gasteiger partial charge on any atom is -0.298 e. The number of piperazine rings is 1. The highest BCUT2D eigenvalue weighted by molar-refractivity contribution is 5.06. The second-order valence-electron chi connectivity index (χ2n) is 3.62. The third-order valence-electron chi connectivity index (χ3n) is 2.86. The summed E-state index contributed by atoms with van der Waals surface area (Å²) in [5, 5.41) is 1.95. The van der Waals surface area contributed by atoms with Crippen molar-refractivity contribution >= 4 is 0 Å². The second kappa shape index (κ2) is 3.73. The van der Waals surface area contributed by atoms with E-state index in [1.165, 1.54) is 12.8 Å². The van der Waals surface area contributed by atoms with Gasteiger partial charge in [-0.3, -0.25) is 10.7 Å². The molecule has 2 aliphatic rings. The van der Waals surface area contributed by atoms with Crippen molar-refractivity contribution in [3.05, 3.63) is 0 Å². The average Bonchev–Trinajstić information content (AvgIpc) is 2.83. The average molecular weight is 171 g/mol. The molecule has 3 heteroatoms. The summed E-state index contributed by atoms with van der Waals surface area (Å²) in [6.07, 6.45) is 2.69. The van der Waals surface area contributed by atoms with Crippen LogP contribution >= 0.6 is 0 Å². The number of rotatable bonds is 0. The third-order valence-corrected chi connectivity index (χ3v) is 2.86. The number of hydrogen-bond donors (Lipinski definition) is 1. The van der Waals surface area contributed by atoms with Gasteiger partial charge in [-0.1, -0.05) is 13.8 Å². The molecule has 0 aromatic rings. The molecule has 0 aromatic heterocycles. The van der Waals surface area contributed by atoms with Gasteiger partial charge in [-0.05, 0) is 19.9 Å². The molecule has 0 atom stereocenters. The monoisotopic (exact) mass is 171 g/mol. The maximum Gasteiger partial charge on any atom is 0.0349 e. The molecule has 2 fully saturated rings. The Morgan fingerprint density at radius 2 is 1.75 bits per heavy atom. The second-order valence-corrected chi connectivity index (χ2v) is 3.62. The van der Waals surface area contributed by atoms with Crippen LogP contribution in [0.15, 0.2) is 0 Å². The Labute approximate surface area is 75.5 Å². The van der Waals surface area contributed by atoms with Gasteiger partial charge >= 0.3 is 0 Å².